The molecule has 1 aromatic carbocycles. The third-order valence-electron chi connectivity index (χ3n) is 4.38. The zero-order valence-corrected chi connectivity index (χ0v) is 15.0. The maximum Gasteiger partial charge on any atom is 0.263 e. The van der Waals surface area contributed by atoms with Crippen LogP contribution in [0.3, 0.4) is 0 Å². The molecule has 0 bridgehead atoms. The molecule has 1 heterocycles. The van der Waals surface area contributed by atoms with Gasteiger partial charge in [0.15, 0.2) is 6.10 Å². The molecule has 1 aliphatic heterocycles. The van der Waals surface area contributed by atoms with Gasteiger partial charge in [-0.05, 0) is 38.0 Å². The molecule has 2 amide bonds. The molecule has 130 valence electrons. The first-order valence-electron chi connectivity index (χ1n) is 8.15. The van der Waals surface area contributed by atoms with E-state index in [-0.39, 0.29) is 17.7 Å². The fraction of sp³-hybridized carbons (Fsp3) is 0.529. The van der Waals surface area contributed by atoms with E-state index >= 15 is 0 Å². The molecule has 2 fully saturated rings. The van der Waals surface area contributed by atoms with Crippen molar-refractivity contribution in [2.75, 3.05) is 26.2 Å². The van der Waals surface area contributed by atoms with Crippen molar-refractivity contribution in [2.45, 2.75) is 25.9 Å². The van der Waals surface area contributed by atoms with Gasteiger partial charge in [0.2, 0.25) is 5.91 Å². The number of carbonyl (C=O) groups is 2. The fourth-order valence-corrected chi connectivity index (χ4v) is 3.26. The van der Waals surface area contributed by atoms with E-state index < -0.39 is 6.10 Å². The van der Waals surface area contributed by atoms with Gasteiger partial charge in [0.05, 0.1) is 5.02 Å². The van der Waals surface area contributed by atoms with E-state index in [0.29, 0.717) is 42.0 Å². The molecule has 0 radical (unpaired) electrons. The normalized spacial score (nSPS) is 19.1. The molecular formula is C17H20Cl2N2O3. The molecule has 1 saturated heterocycles. The van der Waals surface area contributed by atoms with Crippen LogP contribution in [-0.4, -0.2) is 53.9 Å². The number of benzene rings is 1. The smallest absolute Gasteiger partial charge is 0.263 e. The van der Waals surface area contributed by atoms with Crippen LogP contribution in [0.4, 0.5) is 0 Å². The van der Waals surface area contributed by atoms with E-state index in [9.17, 15) is 9.59 Å². The van der Waals surface area contributed by atoms with Gasteiger partial charge in [-0.2, -0.15) is 0 Å². The highest BCUT2D eigenvalue weighted by molar-refractivity contribution is 6.35. The summed E-state index contributed by atoms with van der Waals surface area (Å²) in [4.78, 5) is 28.2. The van der Waals surface area contributed by atoms with Crippen molar-refractivity contribution in [3.8, 4) is 5.75 Å². The Bertz CT molecular complexity index is 641. The van der Waals surface area contributed by atoms with Gasteiger partial charge in [-0.1, -0.05) is 23.2 Å². The summed E-state index contributed by atoms with van der Waals surface area (Å²) in [7, 11) is 0. The molecule has 0 aromatic heterocycles. The number of carbonyl (C=O) groups excluding carboxylic acids is 2. The minimum Gasteiger partial charge on any atom is -0.479 e. The minimum absolute atomic E-state index is 0.0977. The van der Waals surface area contributed by atoms with E-state index in [0.717, 1.165) is 12.8 Å². The second kappa shape index (κ2) is 7.19. The van der Waals surface area contributed by atoms with Crippen LogP contribution in [0.25, 0.3) is 0 Å². The largest absolute Gasteiger partial charge is 0.479 e. The number of amides is 2. The van der Waals surface area contributed by atoms with Crippen molar-refractivity contribution >= 4 is 35.0 Å². The van der Waals surface area contributed by atoms with Crippen LogP contribution in [0.1, 0.15) is 19.8 Å². The number of rotatable bonds is 4. The highest BCUT2D eigenvalue weighted by atomic mass is 35.5. The van der Waals surface area contributed by atoms with Gasteiger partial charge in [-0.3, -0.25) is 9.59 Å². The van der Waals surface area contributed by atoms with Gasteiger partial charge in [0.1, 0.15) is 5.75 Å². The van der Waals surface area contributed by atoms with Gasteiger partial charge in [0, 0.05) is 37.1 Å². The monoisotopic (exact) mass is 370 g/mol. The highest BCUT2D eigenvalue weighted by Crippen LogP contribution is 2.31. The zero-order valence-electron chi connectivity index (χ0n) is 13.5. The summed E-state index contributed by atoms with van der Waals surface area (Å²) in [6, 6.07) is 4.90. The lowest BCUT2D eigenvalue weighted by atomic mass is 10.2. The van der Waals surface area contributed by atoms with Gasteiger partial charge in [-0.25, -0.2) is 0 Å². The van der Waals surface area contributed by atoms with Crippen LogP contribution in [0, 0.1) is 5.92 Å². The molecule has 5 nitrogen and oxygen atoms in total. The van der Waals surface area contributed by atoms with Crippen molar-refractivity contribution in [3.63, 3.8) is 0 Å². The molecule has 3 rings (SSSR count). The molecule has 0 spiro atoms. The Morgan fingerprint density at radius 3 is 2.33 bits per heavy atom. The zero-order chi connectivity index (χ0) is 17.3. The SMILES string of the molecule is C[C@H](Oc1ccc(Cl)cc1Cl)C(=O)N1CCN(C(=O)C2CC2)CC1. The number of hydrogen-bond donors (Lipinski definition) is 0. The topological polar surface area (TPSA) is 49.9 Å². The molecule has 24 heavy (non-hydrogen) atoms. The molecule has 2 aliphatic rings. The fourth-order valence-electron chi connectivity index (χ4n) is 2.80. The van der Waals surface area contributed by atoms with Gasteiger partial charge < -0.3 is 14.5 Å². The second-order valence-corrected chi connectivity index (χ2v) is 7.10. The molecule has 7 heteroatoms. The Labute approximate surface area is 151 Å². The van der Waals surface area contributed by atoms with Crippen molar-refractivity contribution in [1.82, 2.24) is 9.80 Å². The third-order valence-corrected chi connectivity index (χ3v) is 4.91. The Hall–Kier alpha value is -1.46. The Morgan fingerprint density at radius 2 is 1.75 bits per heavy atom. The lowest BCUT2D eigenvalue weighted by Gasteiger charge is -2.36. The summed E-state index contributed by atoms with van der Waals surface area (Å²) in [5.41, 5.74) is 0. The Balaban J connectivity index is 1.53. The van der Waals surface area contributed by atoms with Gasteiger partial charge >= 0.3 is 0 Å². The summed E-state index contributed by atoms with van der Waals surface area (Å²) < 4.78 is 5.68. The average molecular weight is 371 g/mol. The molecule has 0 unspecified atom stereocenters. The third kappa shape index (κ3) is 3.95. The lowest BCUT2D eigenvalue weighted by Crippen LogP contribution is -2.53. The molecule has 1 saturated carbocycles. The van der Waals surface area contributed by atoms with E-state index in [4.69, 9.17) is 27.9 Å². The number of ether oxygens (including phenoxy) is 1. The molecule has 1 atom stereocenters. The standard InChI is InChI=1S/C17H20Cl2N2O3/c1-11(24-15-5-4-13(18)10-14(15)19)16(22)20-6-8-21(9-7-20)17(23)12-2-3-12/h4-5,10-12H,2-3,6-9H2,1H3/t11-/m0/s1. The van der Waals surface area contributed by atoms with E-state index in [1.54, 1.807) is 30.0 Å². The average Bonchev–Trinajstić information content (AvgIpc) is 3.41. The van der Waals surface area contributed by atoms with Crippen LogP contribution < -0.4 is 4.74 Å². The van der Waals surface area contributed by atoms with Crippen molar-refractivity contribution < 1.29 is 14.3 Å². The molecular weight excluding hydrogens is 351 g/mol. The molecule has 0 N–H and O–H groups in total. The van der Waals surface area contributed by atoms with E-state index in [2.05, 4.69) is 0 Å². The van der Waals surface area contributed by atoms with Crippen LogP contribution >= 0.6 is 23.2 Å². The van der Waals surface area contributed by atoms with Crippen LogP contribution in [-0.2, 0) is 9.59 Å². The maximum absolute atomic E-state index is 12.5. The molecule has 1 aromatic rings. The second-order valence-electron chi connectivity index (χ2n) is 6.26. The van der Waals surface area contributed by atoms with Crippen molar-refractivity contribution in [1.29, 1.82) is 0 Å². The maximum atomic E-state index is 12.5. The predicted molar refractivity (Wildman–Crippen MR) is 92.4 cm³/mol. The van der Waals surface area contributed by atoms with Crippen LogP contribution in [0.15, 0.2) is 18.2 Å². The van der Waals surface area contributed by atoms with Crippen molar-refractivity contribution in [3.05, 3.63) is 28.2 Å². The van der Waals surface area contributed by atoms with E-state index in [1.165, 1.54) is 0 Å². The number of nitrogens with zero attached hydrogens (tertiary/aromatic N) is 2. The molecule has 1 aliphatic carbocycles. The number of halogens is 2. The van der Waals surface area contributed by atoms with Gasteiger partial charge in [-0.15, -0.1) is 0 Å². The highest BCUT2D eigenvalue weighted by Gasteiger charge is 2.35. The predicted octanol–water partition coefficient (Wildman–Crippen LogP) is 2.84. The first-order valence-corrected chi connectivity index (χ1v) is 8.90. The first kappa shape index (κ1) is 17.4. The summed E-state index contributed by atoms with van der Waals surface area (Å²) in [6.45, 7) is 3.97. The summed E-state index contributed by atoms with van der Waals surface area (Å²) in [6.07, 6.45) is 1.37. The summed E-state index contributed by atoms with van der Waals surface area (Å²) in [5, 5.41) is 0.893. The summed E-state index contributed by atoms with van der Waals surface area (Å²) >= 11 is 11.9. The summed E-state index contributed by atoms with van der Waals surface area (Å²) in [5.74, 6) is 0.796. The van der Waals surface area contributed by atoms with Crippen LogP contribution in [0.5, 0.6) is 5.75 Å². The number of hydrogen-bond acceptors (Lipinski definition) is 3. The van der Waals surface area contributed by atoms with Crippen LogP contribution in [0.2, 0.25) is 10.0 Å². The van der Waals surface area contributed by atoms with Crippen molar-refractivity contribution in [2.24, 2.45) is 5.92 Å². The Morgan fingerprint density at radius 1 is 1.12 bits per heavy atom. The quantitative estimate of drug-likeness (QED) is 0.818. The minimum atomic E-state index is -0.644. The first-order chi connectivity index (χ1) is 11.5. The Kier molecular flexibility index (Phi) is 5.21. The van der Waals surface area contributed by atoms with E-state index in [1.807, 2.05) is 4.90 Å². The number of piperazine rings is 1. The lowest BCUT2D eigenvalue weighted by molar-refractivity contribution is -0.144. The van der Waals surface area contributed by atoms with Gasteiger partial charge in [0.25, 0.3) is 5.91 Å².